The van der Waals surface area contributed by atoms with Crippen LogP contribution in [0.3, 0.4) is 0 Å². The van der Waals surface area contributed by atoms with Crippen molar-refractivity contribution in [3.05, 3.63) is 47.9 Å². The summed E-state index contributed by atoms with van der Waals surface area (Å²) in [5, 5.41) is 0. The first kappa shape index (κ1) is 27.3. The zero-order valence-electron chi connectivity index (χ0n) is 21.2. The van der Waals surface area contributed by atoms with Crippen molar-refractivity contribution in [2.75, 3.05) is 6.61 Å². The number of benzene rings is 1. The summed E-state index contributed by atoms with van der Waals surface area (Å²) in [7, 11) is 0. The lowest BCUT2D eigenvalue weighted by atomic mass is 9.99. The van der Waals surface area contributed by atoms with Crippen LogP contribution in [-0.2, 0) is 6.42 Å². The van der Waals surface area contributed by atoms with E-state index in [2.05, 4.69) is 24.9 Å². The number of unbranched alkanes of at least 4 members (excludes halogenated alkanes) is 13. The topological polar surface area (TPSA) is 22.1 Å². The maximum atomic E-state index is 14.7. The molecule has 0 aliphatic carbocycles. The van der Waals surface area contributed by atoms with Gasteiger partial charge in [0.05, 0.1) is 12.3 Å². The minimum Gasteiger partial charge on any atom is -0.491 e. The number of rotatable bonds is 19. The van der Waals surface area contributed by atoms with Crippen molar-refractivity contribution in [1.82, 2.24) is 4.98 Å². The molecule has 2 nitrogen and oxygen atoms in total. The van der Waals surface area contributed by atoms with E-state index in [-0.39, 0.29) is 5.82 Å². The van der Waals surface area contributed by atoms with Gasteiger partial charge in [0, 0.05) is 11.8 Å². The van der Waals surface area contributed by atoms with Gasteiger partial charge in [-0.05, 0) is 49.1 Å². The van der Waals surface area contributed by atoms with Crippen LogP contribution in [0.1, 0.15) is 116 Å². The highest BCUT2D eigenvalue weighted by Gasteiger charge is 2.11. The molecule has 0 spiro atoms. The molecule has 0 fully saturated rings. The average Bonchev–Trinajstić information content (AvgIpc) is 2.83. The Labute approximate surface area is 202 Å². The van der Waals surface area contributed by atoms with E-state index in [9.17, 15) is 4.39 Å². The van der Waals surface area contributed by atoms with Crippen LogP contribution in [0, 0.1) is 5.82 Å². The van der Waals surface area contributed by atoms with Crippen LogP contribution in [-0.4, -0.2) is 11.6 Å². The predicted octanol–water partition coefficient (Wildman–Crippen LogP) is 9.70. The molecule has 0 saturated carbocycles. The van der Waals surface area contributed by atoms with Gasteiger partial charge in [-0.1, -0.05) is 103 Å². The van der Waals surface area contributed by atoms with Gasteiger partial charge in [-0.2, -0.15) is 0 Å². The second-order valence-corrected chi connectivity index (χ2v) is 9.35. The molecule has 0 aliphatic rings. The third-order valence-corrected chi connectivity index (χ3v) is 6.40. The molecule has 1 aromatic carbocycles. The van der Waals surface area contributed by atoms with Crippen LogP contribution in [0.5, 0.6) is 5.75 Å². The summed E-state index contributed by atoms with van der Waals surface area (Å²) in [4.78, 5) is 4.58. The minimum atomic E-state index is -0.295. The first-order valence-corrected chi connectivity index (χ1v) is 13.6. The van der Waals surface area contributed by atoms with Gasteiger partial charge in [0.1, 0.15) is 0 Å². The average molecular weight is 456 g/mol. The molecule has 2 aromatic rings. The molecule has 0 bridgehead atoms. The quantitative estimate of drug-likeness (QED) is 0.197. The van der Waals surface area contributed by atoms with E-state index in [1.807, 2.05) is 12.1 Å². The standard InChI is InChI=1S/C30H46FNO/c1-3-5-7-9-10-11-12-13-14-16-19-26-20-18-23-32-30(26)27-21-22-29(28(31)25-27)33-24-17-15-8-6-4-2/h18,20-23,25H,3-17,19,24H2,1-2H3. The third kappa shape index (κ3) is 11.2. The van der Waals surface area contributed by atoms with Crippen LogP contribution in [0.2, 0.25) is 0 Å². The van der Waals surface area contributed by atoms with Crippen molar-refractivity contribution in [2.24, 2.45) is 0 Å². The highest BCUT2D eigenvalue weighted by molar-refractivity contribution is 5.64. The van der Waals surface area contributed by atoms with Gasteiger partial charge in [0.2, 0.25) is 0 Å². The van der Waals surface area contributed by atoms with Gasteiger partial charge in [-0.3, -0.25) is 4.98 Å². The van der Waals surface area contributed by atoms with Gasteiger partial charge in [0.25, 0.3) is 0 Å². The Bertz CT molecular complexity index is 761. The summed E-state index contributed by atoms with van der Waals surface area (Å²) < 4.78 is 20.3. The van der Waals surface area contributed by atoms with Crippen molar-refractivity contribution in [3.63, 3.8) is 0 Å². The van der Waals surface area contributed by atoms with Crippen LogP contribution < -0.4 is 4.74 Å². The molecule has 0 unspecified atom stereocenters. The summed E-state index contributed by atoms with van der Waals surface area (Å²) in [5.74, 6) is 0.0537. The van der Waals surface area contributed by atoms with Gasteiger partial charge in [-0.15, -0.1) is 0 Å². The van der Waals surface area contributed by atoms with Crippen LogP contribution in [0.25, 0.3) is 11.3 Å². The Morgan fingerprint density at radius 2 is 1.33 bits per heavy atom. The monoisotopic (exact) mass is 455 g/mol. The van der Waals surface area contributed by atoms with Gasteiger partial charge in [0.15, 0.2) is 11.6 Å². The fourth-order valence-electron chi connectivity index (χ4n) is 4.36. The molecule has 3 heteroatoms. The van der Waals surface area contributed by atoms with E-state index in [1.165, 1.54) is 82.6 Å². The molecule has 1 aromatic heterocycles. The maximum absolute atomic E-state index is 14.7. The zero-order valence-corrected chi connectivity index (χ0v) is 21.2. The van der Waals surface area contributed by atoms with E-state index in [4.69, 9.17) is 4.74 Å². The molecule has 0 atom stereocenters. The Balaban J connectivity index is 1.76. The molecule has 0 aliphatic heterocycles. The first-order chi connectivity index (χ1) is 16.3. The number of halogens is 1. The molecule has 184 valence electrons. The number of pyridine rings is 1. The van der Waals surface area contributed by atoms with E-state index in [1.54, 1.807) is 18.3 Å². The molecular weight excluding hydrogens is 409 g/mol. The molecule has 33 heavy (non-hydrogen) atoms. The van der Waals surface area contributed by atoms with E-state index in [0.717, 1.165) is 36.9 Å². The Hall–Kier alpha value is -1.90. The van der Waals surface area contributed by atoms with Crippen molar-refractivity contribution in [3.8, 4) is 17.0 Å². The van der Waals surface area contributed by atoms with E-state index >= 15 is 0 Å². The molecular formula is C30H46FNO. The SMILES string of the molecule is CCCCCCCCCCCCc1cccnc1-c1ccc(OCCCCCCC)c(F)c1. The number of aryl methyl sites for hydroxylation is 1. The lowest BCUT2D eigenvalue weighted by Gasteiger charge is -2.11. The summed E-state index contributed by atoms with van der Waals surface area (Å²) in [5.41, 5.74) is 2.95. The Morgan fingerprint density at radius 3 is 1.97 bits per heavy atom. The summed E-state index contributed by atoms with van der Waals surface area (Å²) in [6, 6.07) is 9.41. The molecule has 1 heterocycles. The van der Waals surface area contributed by atoms with Crippen molar-refractivity contribution < 1.29 is 9.13 Å². The summed E-state index contributed by atoms with van der Waals surface area (Å²) in [6.07, 6.45) is 21.9. The smallest absolute Gasteiger partial charge is 0.165 e. The lowest BCUT2D eigenvalue weighted by molar-refractivity contribution is 0.290. The number of aromatic nitrogens is 1. The predicted molar refractivity (Wildman–Crippen MR) is 139 cm³/mol. The second kappa shape index (κ2) is 17.6. The Kier molecular flexibility index (Phi) is 14.6. The highest BCUT2D eigenvalue weighted by atomic mass is 19.1. The van der Waals surface area contributed by atoms with E-state index < -0.39 is 0 Å². The molecule has 2 rings (SSSR count). The summed E-state index contributed by atoms with van der Waals surface area (Å²) >= 11 is 0. The maximum Gasteiger partial charge on any atom is 0.165 e. The molecule has 0 amide bonds. The minimum absolute atomic E-state index is 0.295. The number of nitrogens with zero attached hydrogens (tertiary/aromatic N) is 1. The molecule has 0 N–H and O–H groups in total. The van der Waals surface area contributed by atoms with Gasteiger partial charge in [-0.25, -0.2) is 4.39 Å². The molecule has 0 radical (unpaired) electrons. The van der Waals surface area contributed by atoms with Crippen molar-refractivity contribution in [1.29, 1.82) is 0 Å². The fourth-order valence-corrected chi connectivity index (χ4v) is 4.36. The number of hydrogen-bond acceptors (Lipinski definition) is 2. The number of hydrogen-bond donors (Lipinski definition) is 0. The van der Waals surface area contributed by atoms with Gasteiger partial charge >= 0.3 is 0 Å². The lowest BCUT2D eigenvalue weighted by Crippen LogP contribution is -2.00. The second-order valence-electron chi connectivity index (χ2n) is 9.35. The van der Waals surface area contributed by atoms with Crippen LogP contribution >= 0.6 is 0 Å². The summed E-state index contributed by atoms with van der Waals surface area (Å²) in [6.45, 7) is 5.05. The van der Waals surface area contributed by atoms with Crippen LogP contribution in [0.15, 0.2) is 36.5 Å². The van der Waals surface area contributed by atoms with Crippen LogP contribution in [0.4, 0.5) is 4.39 Å². The zero-order chi connectivity index (χ0) is 23.6. The van der Waals surface area contributed by atoms with E-state index in [0.29, 0.717) is 12.4 Å². The Morgan fingerprint density at radius 1 is 0.727 bits per heavy atom. The highest BCUT2D eigenvalue weighted by Crippen LogP contribution is 2.28. The van der Waals surface area contributed by atoms with Crippen molar-refractivity contribution in [2.45, 2.75) is 117 Å². The largest absolute Gasteiger partial charge is 0.491 e. The third-order valence-electron chi connectivity index (χ3n) is 6.40. The fraction of sp³-hybridized carbons (Fsp3) is 0.633. The number of ether oxygens (including phenoxy) is 1. The molecule has 0 saturated heterocycles. The van der Waals surface area contributed by atoms with Gasteiger partial charge < -0.3 is 4.74 Å². The normalized spacial score (nSPS) is 11.1. The first-order valence-electron chi connectivity index (χ1n) is 13.6. The van der Waals surface area contributed by atoms with Crippen molar-refractivity contribution >= 4 is 0 Å².